The molecule has 4 rings (SSSR count). The first-order valence-electron chi connectivity index (χ1n) is 11.7. The van der Waals surface area contributed by atoms with Crippen molar-refractivity contribution < 1.29 is 23.5 Å². The van der Waals surface area contributed by atoms with Crippen LogP contribution < -0.4 is 10.2 Å². The molecule has 1 aliphatic rings. The van der Waals surface area contributed by atoms with Gasteiger partial charge in [0.15, 0.2) is 0 Å². The maximum absolute atomic E-state index is 14.1. The van der Waals surface area contributed by atoms with Gasteiger partial charge in [0.1, 0.15) is 5.75 Å². The lowest BCUT2D eigenvalue weighted by molar-refractivity contribution is -0.118. The predicted octanol–water partition coefficient (Wildman–Crippen LogP) is 6.61. The highest BCUT2D eigenvalue weighted by atomic mass is 19.3. The molecule has 2 N–H and O–H groups in total. The summed E-state index contributed by atoms with van der Waals surface area (Å²) in [6.07, 6.45) is 3.81. The minimum absolute atomic E-state index is 0.0927. The van der Waals surface area contributed by atoms with Crippen molar-refractivity contribution in [3.63, 3.8) is 0 Å². The number of fused-ring (bicyclic) bond motifs is 2. The van der Waals surface area contributed by atoms with Gasteiger partial charge >= 0.3 is 0 Å². The zero-order valence-corrected chi connectivity index (χ0v) is 19.8. The van der Waals surface area contributed by atoms with Crippen LogP contribution in [0.25, 0.3) is 16.3 Å². The lowest BCUT2D eigenvalue weighted by atomic mass is 9.92. The molecule has 3 aromatic carbocycles. The third-order valence-corrected chi connectivity index (χ3v) is 6.22. The average Bonchev–Trinajstić information content (AvgIpc) is 2.82. The molecule has 2 amide bonds. The molecule has 0 saturated heterocycles. The number of unbranched alkanes of at least 4 members (excludes halogenated alkanes) is 1. The summed E-state index contributed by atoms with van der Waals surface area (Å²) in [7, 11) is 0. The fourth-order valence-corrected chi connectivity index (χ4v) is 4.36. The van der Waals surface area contributed by atoms with Crippen LogP contribution in [0.4, 0.5) is 20.2 Å². The quantitative estimate of drug-likeness (QED) is 0.392. The number of alkyl halides is 2. The van der Waals surface area contributed by atoms with E-state index in [0.717, 1.165) is 25.2 Å². The number of aromatic hydroxyl groups is 1. The van der Waals surface area contributed by atoms with Crippen LogP contribution in [0.1, 0.15) is 50.7 Å². The summed E-state index contributed by atoms with van der Waals surface area (Å²) < 4.78 is 28.1. The molecule has 5 nitrogen and oxygen atoms in total. The van der Waals surface area contributed by atoms with E-state index in [0.29, 0.717) is 47.3 Å². The highest BCUT2D eigenvalue weighted by Crippen LogP contribution is 2.39. The second kappa shape index (κ2) is 9.86. The highest BCUT2D eigenvalue weighted by Gasteiger charge is 2.30. The van der Waals surface area contributed by atoms with Crippen molar-refractivity contribution in [3.05, 3.63) is 71.8 Å². The minimum atomic E-state index is -3.05. The molecule has 0 bridgehead atoms. The molecule has 0 unspecified atom stereocenters. The van der Waals surface area contributed by atoms with E-state index in [9.17, 15) is 23.5 Å². The molecule has 0 fully saturated rings. The van der Waals surface area contributed by atoms with Gasteiger partial charge in [0, 0.05) is 48.2 Å². The second-order valence-corrected chi connectivity index (χ2v) is 8.89. The van der Waals surface area contributed by atoms with E-state index in [1.165, 1.54) is 18.2 Å². The summed E-state index contributed by atoms with van der Waals surface area (Å²) in [5.74, 6) is -3.44. The number of benzene rings is 3. The number of phenols is 1. The number of nitrogens with one attached hydrogen (secondary N) is 1. The number of anilines is 2. The Morgan fingerprint density at radius 1 is 1.14 bits per heavy atom. The van der Waals surface area contributed by atoms with Crippen molar-refractivity contribution in [2.24, 2.45) is 0 Å². The predicted molar refractivity (Wildman–Crippen MR) is 135 cm³/mol. The van der Waals surface area contributed by atoms with Gasteiger partial charge in [-0.1, -0.05) is 43.7 Å². The molecule has 0 saturated carbocycles. The Morgan fingerprint density at radius 2 is 1.94 bits per heavy atom. The van der Waals surface area contributed by atoms with Crippen molar-refractivity contribution >= 4 is 39.5 Å². The maximum atomic E-state index is 14.1. The van der Waals surface area contributed by atoms with Crippen molar-refractivity contribution in [1.82, 2.24) is 0 Å². The Balaban J connectivity index is 1.67. The fourth-order valence-electron chi connectivity index (χ4n) is 4.36. The standard InChI is InChI=1S/C28H28F2N2O3/c1-3-4-8-27(35)32-14-13-19(22-12-10-20(16-25(22)32)28(2,29)30)15-26(34)31-24-7-5-6-18-9-11-21(33)17-23(18)24/h5-7,9-12,15-17,33H,3-4,8,13-14H2,1-2H3,(H,31,34)/b19-15+. The van der Waals surface area contributed by atoms with Crippen molar-refractivity contribution in [1.29, 1.82) is 0 Å². The molecule has 0 spiro atoms. The smallest absolute Gasteiger partial charge is 0.270 e. The van der Waals surface area contributed by atoms with Crippen LogP contribution in [-0.2, 0) is 15.5 Å². The number of carbonyl (C=O) groups is 2. The van der Waals surface area contributed by atoms with Gasteiger partial charge in [0.05, 0.1) is 5.69 Å². The van der Waals surface area contributed by atoms with Crippen LogP contribution >= 0.6 is 0 Å². The van der Waals surface area contributed by atoms with Crippen LogP contribution in [-0.4, -0.2) is 23.5 Å². The van der Waals surface area contributed by atoms with E-state index in [1.807, 2.05) is 19.1 Å². The lowest BCUT2D eigenvalue weighted by Gasteiger charge is -2.32. The Labute approximate surface area is 203 Å². The second-order valence-electron chi connectivity index (χ2n) is 8.89. The summed E-state index contributed by atoms with van der Waals surface area (Å²) in [6, 6.07) is 14.6. The molecular weight excluding hydrogens is 450 g/mol. The zero-order valence-electron chi connectivity index (χ0n) is 19.8. The molecule has 0 radical (unpaired) electrons. The van der Waals surface area contributed by atoms with Gasteiger partial charge in [0.2, 0.25) is 11.8 Å². The number of hydrogen-bond acceptors (Lipinski definition) is 3. The van der Waals surface area contributed by atoms with E-state index in [4.69, 9.17) is 0 Å². The van der Waals surface area contributed by atoms with Crippen LogP contribution in [0.2, 0.25) is 0 Å². The number of hydrogen-bond donors (Lipinski definition) is 2. The van der Waals surface area contributed by atoms with Crippen LogP contribution in [0.15, 0.2) is 60.7 Å². The van der Waals surface area contributed by atoms with E-state index in [2.05, 4.69) is 5.32 Å². The average molecular weight is 479 g/mol. The lowest BCUT2D eigenvalue weighted by Crippen LogP contribution is -2.35. The number of phenolic OH excluding ortho intramolecular Hbond substituents is 1. The minimum Gasteiger partial charge on any atom is -0.508 e. The van der Waals surface area contributed by atoms with Crippen molar-refractivity contribution in [2.75, 3.05) is 16.8 Å². The number of amides is 2. The third-order valence-electron chi connectivity index (χ3n) is 6.22. The number of rotatable bonds is 6. The van der Waals surface area contributed by atoms with E-state index >= 15 is 0 Å². The van der Waals surface area contributed by atoms with Gasteiger partial charge in [0.25, 0.3) is 5.92 Å². The first kappa shape index (κ1) is 24.4. The van der Waals surface area contributed by atoms with Gasteiger partial charge in [-0.15, -0.1) is 0 Å². The SMILES string of the molecule is CCCCC(=O)N1CC/C(=C\C(=O)Nc2cccc3ccc(O)cc23)c2ccc(C(C)(F)F)cc21. The monoisotopic (exact) mass is 478 g/mol. The highest BCUT2D eigenvalue weighted by molar-refractivity contribution is 6.10. The molecule has 1 heterocycles. The van der Waals surface area contributed by atoms with Gasteiger partial charge < -0.3 is 15.3 Å². The molecule has 182 valence electrons. The summed E-state index contributed by atoms with van der Waals surface area (Å²) >= 11 is 0. The molecule has 0 atom stereocenters. The Kier molecular flexibility index (Phi) is 6.87. The molecule has 35 heavy (non-hydrogen) atoms. The summed E-state index contributed by atoms with van der Waals surface area (Å²) in [5.41, 5.74) is 2.05. The number of halogens is 2. The summed E-state index contributed by atoms with van der Waals surface area (Å²) in [5, 5.41) is 14.3. The van der Waals surface area contributed by atoms with Gasteiger partial charge in [-0.3, -0.25) is 9.59 Å². The third kappa shape index (κ3) is 5.34. The van der Waals surface area contributed by atoms with Crippen LogP contribution in [0.3, 0.4) is 0 Å². The fraction of sp³-hybridized carbons (Fsp3) is 0.286. The largest absolute Gasteiger partial charge is 0.508 e. The summed E-state index contributed by atoms with van der Waals surface area (Å²) in [6.45, 7) is 3.13. The van der Waals surface area contributed by atoms with Crippen molar-refractivity contribution in [3.8, 4) is 5.75 Å². The first-order chi connectivity index (χ1) is 16.7. The molecule has 1 aliphatic heterocycles. The first-order valence-corrected chi connectivity index (χ1v) is 11.7. The Hall–Kier alpha value is -3.74. The Bertz CT molecular complexity index is 1310. The molecule has 3 aromatic rings. The van der Waals surface area contributed by atoms with Crippen molar-refractivity contribution in [2.45, 2.75) is 45.5 Å². The van der Waals surface area contributed by atoms with E-state index < -0.39 is 5.92 Å². The van der Waals surface area contributed by atoms with Gasteiger partial charge in [-0.05, 0) is 48.1 Å². The Morgan fingerprint density at radius 3 is 2.69 bits per heavy atom. The normalized spacial score (nSPS) is 14.7. The van der Waals surface area contributed by atoms with Crippen LogP contribution in [0, 0.1) is 0 Å². The van der Waals surface area contributed by atoms with E-state index in [1.54, 1.807) is 35.2 Å². The maximum Gasteiger partial charge on any atom is 0.270 e. The topological polar surface area (TPSA) is 69.6 Å². The summed E-state index contributed by atoms with van der Waals surface area (Å²) in [4.78, 5) is 27.3. The molecule has 7 heteroatoms. The van der Waals surface area contributed by atoms with Crippen LogP contribution in [0.5, 0.6) is 5.75 Å². The number of carbonyl (C=O) groups excluding carboxylic acids is 2. The van der Waals surface area contributed by atoms with Gasteiger partial charge in [-0.25, -0.2) is 8.78 Å². The van der Waals surface area contributed by atoms with E-state index in [-0.39, 0.29) is 23.1 Å². The molecule has 0 aliphatic carbocycles. The molecule has 0 aromatic heterocycles. The molecular formula is C28H28F2N2O3. The number of nitrogens with zero attached hydrogens (tertiary/aromatic N) is 1. The zero-order chi connectivity index (χ0) is 25.2. The van der Waals surface area contributed by atoms with Gasteiger partial charge in [-0.2, -0.15) is 0 Å².